The van der Waals surface area contributed by atoms with Gasteiger partial charge in [-0.2, -0.15) is 0 Å². The van der Waals surface area contributed by atoms with Crippen LogP contribution in [0.1, 0.15) is 31.4 Å². The van der Waals surface area contributed by atoms with E-state index in [0.29, 0.717) is 0 Å². The third-order valence-corrected chi connectivity index (χ3v) is 3.12. The second kappa shape index (κ2) is 3.91. The van der Waals surface area contributed by atoms with Gasteiger partial charge in [0.05, 0.1) is 12.7 Å². The number of para-hydroxylation sites is 1. The van der Waals surface area contributed by atoms with Crippen molar-refractivity contribution in [3.05, 3.63) is 35.6 Å². The van der Waals surface area contributed by atoms with Crippen molar-refractivity contribution in [1.82, 2.24) is 0 Å². The molecule has 0 aliphatic rings. The molecule has 3 heteroatoms. The number of aliphatic carboxylic acids is 1. The van der Waals surface area contributed by atoms with Crippen LogP contribution in [-0.2, 0) is 10.2 Å². The van der Waals surface area contributed by atoms with Gasteiger partial charge in [-0.1, -0.05) is 32.0 Å². The van der Waals surface area contributed by atoms with Crippen LogP contribution in [0.15, 0.2) is 28.9 Å². The quantitative estimate of drug-likeness (QED) is 0.881. The van der Waals surface area contributed by atoms with Crippen molar-refractivity contribution in [2.24, 2.45) is 0 Å². The van der Waals surface area contributed by atoms with Crippen LogP contribution in [0.3, 0.4) is 0 Å². The monoisotopic (exact) mass is 232 g/mol. The summed E-state index contributed by atoms with van der Waals surface area (Å²) >= 11 is 0. The van der Waals surface area contributed by atoms with Gasteiger partial charge in [-0.15, -0.1) is 0 Å². The first kappa shape index (κ1) is 11.7. The zero-order valence-corrected chi connectivity index (χ0v) is 10.3. The van der Waals surface area contributed by atoms with Crippen LogP contribution in [0.5, 0.6) is 0 Å². The van der Waals surface area contributed by atoms with Gasteiger partial charge < -0.3 is 9.52 Å². The van der Waals surface area contributed by atoms with Crippen LogP contribution >= 0.6 is 0 Å². The van der Waals surface area contributed by atoms with Gasteiger partial charge in [0.25, 0.3) is 0 Å². The molecular weight excluding hydrogens is 216 g/mol. The van der Waals surface area contributed by atoms with Gasteiger partial charge in [0.15, 0.2) is 0 Å². The van der Waals surface area contributed by atoms with E-state index in [2.05, 4.69) is 0 Å². The molecule has 0 amide bonds. The average Bonchev–Trinajstić information content (AvgIpc) is 2.58. The fourth-order valence-electron chi connectivity index (χ4n) is 2.19. The first-order valence-corrected chi connectivity index (χ1v) is 5.61. The standard InChI is InChI=1S/C14H16O3/c1-9-8-17-13-10(9)5-4-6-11(13)14(2,3)7-12(15)16/h4-6,8H,7H2,1-3H3,(H,15,16). The van der Waals surface area contributed by atoms with Crippen LogP contribution in [0.4, 0.5) is 0 Å². The number of furan rings is 1. The molecule has 90 valence electrons. The number of carboxylic acid groups (broad SMARTS) is 1. The minimum atomic E-state index is -0.796. The van der Waals surface area contributed by atoms with Crippen molar-refractivity contribution in [2.45, 2.75) is 32.6 Å². The van der Waals surface area contributed by atoms with Gasteiger partial charge in [-0.05, 0) is 12.5 Å². The normalized spacial score (nSPS) is 11.9. The van der Waals surface area contributed by atoms with E-state index in [-0.39, 0.29) is 6.42 Å². The molecule has 0 bridgehead atoms. The van der Waals surface area contributed by atoms with Gasteiger partial charge in [0.1, 0.15) is 5.58 Å². The average molecular weight is 232 g/mol. The minimum Gasteiger partial charge on any atom is -0.481 e. The Morgan fingerprint density at radius 3 is 2.76 bits per heavy atom. The number of carboxylic acids is 1. The molecule has 0 atom stereocenters. The maximum atomic E-state index is 10.9. The van der Waals surface area contributed by atoms with Crippen LogP contribution < -0.4 is 0 Å². The third-order valence-electron chi connectivity index (χ3n) is 3.12. The maximum Gasteiger partial charge on any atom is 0.304 e. The van der Waals surface area contributed by atoms with E-state index in [9.17, 15) is 4.79 Å². The first-order valence-electron chi connectivity index (χ1n) is 5.61. The number of hydrogen-bond donors (Lipinski definition) is 1. The predicted octanol–water partition coefficient (Wildman–Crippen LogP) is 3.49. The summed E-state index contributed by atoms with van der Waals surface area (Å²) in [4.78, 5) is 10.9. The smallest absolute Gasteiger partial charge is 0.304 e. The number of benzene rings is 1. The van der Waals surface area contributed by atoms with Crippen LogP contribution in [-0.4, -0.2) is 11.1 Å². The van der Waals surface area contributed by atoms with Crippen molar-refractivity contribution < 1.29 is 14.3 Å². The van der Waals surface area contributed by atoms with Crippen LogP contribution in [0.2, 0.25) is 0 Å². The summed E-state index contributed by atoms with van der Waals surface area (Å²) in [5, 5.41) is 10.0. The fourth-order valence-corrected chi connectivity index (χ4v) is 2.19. The van der Waals surface area contributed by atoms with Gasteiger partial charge in [-0.25, -0.2) is 0 Å². The SMILES string of the molecule is Cc1coc2c(C(C)(C)CC(=O)O)cccc12. The molecule has 1 aromatic heterocycles. The molecule has 1 aromatic carbocycles. The number of fused-ring (bicyclic) bond motifs is 1. The summed E-state index contributed by atoms with van der Waals surface area (Å²) in [6.45, 7) is 5.83. The van der Waals surface area contributed by atoms with E-state index in [1.807, 2.05) is 39.0 Å². The van der Waals surface area contributed by atoms with Crippen molar-refractivity contribution >= 4 is 16.9 Å². The molecule has 0 spiro atoms. The summed E-state index contributed by atoms with van der Waals surface area (Å²) in [6.07, 6.45) is 1.80. The van der Waals surface area contributed by atoms with Crippen LogP contribution in [0, 0.1) is 6.92 Å². The predicted molar refractivity (Wildman–Crippen MR) is 66.2 cm³/mol. The lowest BCUT2D eigenvalue weighted by Gasteiger charge is -2.23. The Morgan fingerprint density at radius 1 is 1.41 bits per heavy atom. The third kappa shape index (κ3) is 2.05. The minimum absolute atomic E-state index is 0.0891. The lowest BCUT2D eigenvalue weighted by atomic mass is 9.81. The largest absolute Gasteiger partial charge is 0.481 e. The highest BCUT2D eigenvalue weighted by atomic mass is 16.4. The Hall–Kier alpha value is -1.77. The molecule has 2 rings (SSSR count). The molecule has 3 nitrogen and oxygen atoms in total. The van der Waals surface area contributed by atoms with E-state index in [4.69, 9.17) is 9.52 Å². The summed E-state index contributed by atoms with van der Waals surface area (Å²) in [7, 11) is 0. The molecule has 0 aliphatic carbocycles. The number of aryl methyl sites for hydroxylation is 1. The Labute approximate surface area is 100 Å². The van der Waals surface area contributed by atoms with Gasteiger partial charge in [0.2, 0.25) is 0 Å². The van der Waals surface area contributed by atoms with E-state index < -0.39 is 11.4 Å². The lowest BCUT2D eigenvalue weighted by Crippen LogP contribution is -2.21. The zero-order valence-electron chi connectivity index (χ0n) is 10.3. The summed E-state index contributed by atoms with van der Waals surface area (Å²) < 4.78 is 5.55. The number of carbonyl (C=O) groups is 1. The van der Waals surface area contributed by atoms with E-state index in [1.54, 1.807) is 6.26 Å². The molecule has 17 heavy (non-hydrogen) atoms. The van der Waals surface area contributed by atoms with Crippen molar-refractivity contribution in [1.29, 1.82) is 0 Å². The van der Waals surface area contributed by atoms with E-state index >= 15 is 0 Å². The second-order valence-electron chi connectivity index (χ2n) is 5.06. The van der Waals surface area contributed by atoms with Crippen LogP contribution in [0.25, 0.3) is 11.0 Å². The molecule has 0 unspecified atom stereocenters. The van der Waals surface area contributed by atoms with Crippen molar-refractivity contribution in [3.8, 4) is 0 Å². The first-order chi connectivity index (χ1) is 7.92. The van der Waals surface area contributed by atoms with Crippen molar-refractivity contribution in [2.75, 3.05) is 0 Å². The number of rotatable bonds is 3. The Balaban J connectivity index is 2.58. The van der Waals surface area contributed by atoms with Gasteiger partial charge >= 0.3 is 5.97 Å². The fraction of sp³-hybridized carbons (Fsp3) is 0.357. The molecule has 1 N–H and O–H groups in total. The maximum absolute atomic E-state index is 10.9. The Morgan fingerprint density at radius 2 is 2.12 bits per heavy atom. The second-order valence-corrected chi connectivity index (χ2v) is 5.06. The van der Waals surface area contributed by atoms with Gasteiger partial charge in [-0.3, -0.25) is 4.79 Å². The molecular formula is C14H16O3. The lowest BCUT2D eigenvalue weighted by molar-refractivity contribution is -0.138. The molecule has 0 radical (unpaired) electrons. The van der Waals surface area contributed by atoms with Gasteiger partial charge in [0, 0.05) is 16.4 Å². The zero-order chi connectivity index (χ0) is 12.6. The molecule has 2 aromatic rings. The summed E-state index contributed by atoms with van der Waals surface area (Å²) in [5.74, 6) is -0.796. The summed E-state index contributed by atoms with van der Waals surface area (Å²) in [5.41, 5.74) is 2.39. The molecule has 0 saturated carbocycles. The molecule has 0 aliphatic heterocycles. The topological polar surface area (TPSA) is 50.4 Å². The Bertz CT molecular complexity index is 564. The highest BCUT2D eigenvalue weighted by molar-refractivity contribution is 5.85. The highest BCUT2D eigenvalue weighted by Crippen LogP contribution is 2.34. The molecule has 0 fully saturated rings. The molecule has 0 saturated heterocycles. The van der Waals surface area contributed by atoms with E-state index in [1.165, 1.54) is 0 Å². The molecule has 1 heterocycles. The number of hydrogen-bond acceptors (Lipinski definition) is 2. The van der Waals surface area contributed by atoms with E-state index in [0.717, 1.165) is 22.1 Å². The van der Waals surface area contributed by atoms with Crippen molar-refractivity contribution in [3.63, 3.8) is 0 Å². The highest BCUT2D eigenvalue weighted by Gasteiger charge is 2.27. The summed E-state index contributed by atoms with van der Waals surface area (Å²) in [6, 6.07) is 5.88. The Kier molecular flexibility index (Phi) is 2.69.